The molecule has 0 saturated carbocycles. The van der Waals surface area contributed by atoms with E-state index in [0.29, 0.717) is 11.6 Å². The van der Waals surface area contributed by atoms with Crippen LogP contribution in [-0.4, -0.2) is 23.2 Å². The quantitative estimate of drug-likeness (QED) is 0.393. The Morgan fingerprint density at radius 1 is 1.38 bits per heavy atom. The summed E-state index contributed by atoms with van der Waals surface area (Å²) >= 11 is 2.91. The molecule has 1 amide bonds. The second kappa shape index (κ2) is 7.09. The molecule has 0 aliphatic carbocycles. The molecule has 3 aromatic rings. The Kier molecular flexibility index (Phi) is 4.65. The molecular weight excluding hydrogens is 366 g/mol. The zero-order chi connectivity index (χ0) is 18.1. The third kappa shape index (κ3) is 3.32. The maximum Gasteiger partial charge on any atom is 0.251 e. The van der Waals surface area contributed by atoms with E-state index < -0.39 is 0 Å². The molecule has 0 radical (unpaired) electrons. The van der Waals surface area contributed by atoms with Crippen LogP contribution in [0.1, 0.15) is 10.6 Å². The number of hydrogen-bond acceptors (Lipinski definition) is 5. The third-order valence-corrected chi connectivity index (χ3v) is 6.10. The summed E-state index contributed by atoms with van der Waals surface area (Å²) in [5.41, 5.74) is 4.22. The monoisotopic (exact) mass is 383 g/mol. The van der Waals surface area contributed by atoms with Gasteiger partial charge in [0, 0.05) is 35.3 Å². The summed E-state index contributed by atoms with van der Waals surface area (Å²) in [5, 5.41) is 15.3. The molecule has 0 saturated heterocycles. The second-order valence-electron chi connectivity index (χ2n) is 6.04. The number of rotatable bonds is 4. The lowest BCUT2D eigenvalue weighted by molar-refractivity contribution is -0.645. The van der Waals surface area contributed by atoms with Crippen LogP contribution in [0.15, 0.2) is 53.0 Å². The predicted octanol–water partition coefficient (Wildman–Crippen LogP) is 3.43. The number of benzene rings is 1. The van der Waals surface area contributed by atoms with Gasteiger partial charge in [0.25, 0.3) is 5.03 Å². The number of aryl methyl sites for hydroxylation is 1. The van der Waals surface area contributed by atoms with Gasteiger partial charge < -0.3 is 10.1 Å². The maximum absolute atomic E-state index is 12.6. The van der Waals surface area contributed by atoms with Crippen LogP contribution < -0.4 is 9.63 Å². The Hall–Kier alpha value is -2.38. The highest BCUT2D eigenvalue weighted by atomic mass is 32.2. The van der Waals surface area contributed by atoms with Crippen LogP contribution in [0.5, 0.6) is 0 Å². The zero-order valence-corrected chi connectivity index (χ0v) is 15.8. The summed E-state index contributed by atoms with van der Waals surface area (Å²) in [4.78, 5) is 19.0. The smallest absolute Gasteiger partial charge is 0.251 e. The van der Waals surface area contributed by atoms with E-state index in [2.05, 4.69) is 16.4 Å². The van der Waals surface area contributed by atoms with Gasteiger partial charge >= 0.3 is 0 Å². The number of aromatic nitrogens is 2. The van der Waals surface area contributed by atoms with E-state index >= 15 is 0 Å². The first kappa shape index (κ1) is 17.1. The van der Waals surface area contributed by atoms with Crippen molar-refractivity contribution in [3.63, 3.8) is 0 Å². The molecule has 132 valence electrons. The molecule has 3 heterocycles. The molecule has 7 heteroatoms. The Morgan fingerprint density at radius 3 is 3.04 bits per heavy atom. The number of fused-ring (bicyclic) bond motifs is 1. The van der Waals surface area contributed by atoms with Crippen LogP contribution in [0.4, 0.5) is 5.69 Å². The van der Waals surface area contributed by atoms with Crippen molar-refractivity contribution in [2.24, 2.45) is 0 Å². The number of thioether (sulfide) groups is 1. The molecule has 0 fully saturated rings. The van der Waals surface area contributed by atoms with Crippen molar-refractivity contribution in [3.05, 3.63) is 63.8 Å². The summed E-state index contributed by atoms with van der Waals surface area (Å²) in [6.45, 7) is 2.68. The zero-order valence-electron chi connectivity index (χ0n) is 14.2. The molecule has 5 nitrogen and oxygen atoms in total. The number of carbonyl (C=O) groups excluding carboxylic acids is 1. The fraction of sp³-hybridized carbons (Fsp3) is 0.211. The minimum atomic E-state index is 0.0230. The van der Waals surface area contributed by atoms with Crippen LogP contribution in [0, 0.1) is 12.1 Å². The molecule has 0 spiro atoms. The first-order chi connectivity index (χ1) is 12.6. The van der Waals surface area contributed by atoms with Gasteiger partial charge in [0.2, 0.25) is 5.91 Å². The normalized spacial score (nSPS) is 13.0. The van der Waals surface area contributed by atoms with Gasteiger partial charge in [-0.3, -0.25) is 4.79 Å². The van der Waals surface area contributed by atoms with Crippen LogP contribution in [-0.2, 0) is 11.2 Å². The Balaban J connectivity index is 1.49. The van der Waals surface area contributed by atoms with Crippen LogP contribution in [0.2, 0.25) is 0 Å². The van der Waals surface area contributed by atoms with Crippen molar-refractivity contribution in [1.29, 1.82) is 0 Å². The first-order valence-corrected chi connectivity index (χ1v) is 10.1. The number of nitrogens with zero attached hydrogens (tertiary/aromatic N) is 3. The lowest BCUT2D eigenvalue weighted by Gasteiger charge is -2.17. The van der Waals surface area contributed by atoms with E-state index in [1.165, 1.54) is 23.5 Å². The van der Waals surface area contributed by atoms with Gasteiger partial charge in [0.15, 0.2) is 6.20 Å². The number of pyridine rings is 1. The molecule has 2 aromatic heterocycles. The molecule has 0 N–H and O–H groups in total. The number of amides is 1. The fourth-order valence-electron chi connectivity index (χ4n) is 3.05. The fourth-order valence-corrected chi connectivity index (χ4v) is 4.47. The molecular formula is C19H17N3O2S2. The number of anilines is 1. The van der Waals surface area contributed by atoms with E-state index in [1.54, 1.807) is 29.5 Å². The second-order valence-corrected chi connectivity index (χ2v) is 8.10. The van der Waals surface area contributed by atoms with E-state index in [9.17, 15) is 10.0 Å². The SMILES string of the molecule is Cc1nc(-c2ccc3c(c2)CCN3C(=O)CSc2cccc[n+]2[O-])cs1. The molecule has 1 aromatic carbocycles. The number of carbonyl (C=O) groups is 1. The highest BCUT2D eigenvalue weighted by molar-refractivity contribution is 7.99. The number of thiazole rings is 1. The van der Waals surface area contributed by atoms with Crippen molar-refractivity contribution < 1.29 is 9.52 Å². The highest BCUT2D eigenvalue weighted by Crippen LogP contribution is 2.33. The van der Waals surface area contributed by atoms with E-state index in [-0.39, 0.29) is 11.7 Å². The first-order valence-electron chi connectivity index (χ1n) is 8.28. The van der Waals surface area contributed by atoms with Gasteiger partial charge in [-0.15, -0.1) is 11.3 Å². The van der Waals surface area contributed by atoms with E-state index in [0.717, 1.165) is 33.1 Å². The average molecular weight is 383 g/mol. The molecule has 0 bridgehead atoms. The highest BCUT2D eigenvalue weighted by Gasteiger charge is 2.25. The van der Waals surface area contributed by atoms with Crippen molar-refractivity contribution in [1.82, 2.24) is 4.98 Å². The molecule has 26 heavy (non-hydrogen) atoms. The lowest BCUT2D eigenvalue weighted by Crippen LogP contribution is -2.32. The van der Waals surface area contributed by atoms with Gasteiger partial charge in [-0.05, 0) is 48.9 Å². The summed E-state index contributed by atoms with van der Waals surface area (Å²) in [7, 11) is 0. The minimum Gasteiger partial charge on any atom is -0.618 e. The topological polar surface area (TPSA) is 60.1 Å². The summed E-state index contributed by atoms with van der Waals surface area (Å²) in [5.74, 6) is 0.272. The van der Waals surface area contributed by atoms with Crippen molar-refractivity contribution >= 4 is 34.7 Å². The maximum atomic E-state index is 12.6. The average Bonchev–Trinajstić information content (AvgIpc) is 3.26. The number of hydrogen-bond donors (Lipinski definition) is 0. The van der Waals surface area contributed by atoms with Crippen molar-refractivity contribution in [3.8, 4) is 11.3 Å². The Bertz CT molecular complexity index is 971. The summed E-state index contributed by atoms with van der Waals surface area (Å²) in [6.07, 6.45) is 2.29. The van der Waals surface area contributed by atoms with Gasteiger partial charge in [-0.2, -0.15) is 4.73 Å². The largest absolute Gasteiger partial charge is 0.618 e. The van der Waals surface area contributed by atoms with Crippen molar-refractivity contribution in [2.75, 3.05) is 17.2 Å². The van der Waals surface area contributed by atoms with Gasteiger partial charge in [-0.25, -0.2) is 4.98 Å². The Morgan fingerprint density at radius 2 is 2.27 bits per heavy atom. The lowest BCUT2D eigenvalue weighted by atomic mass is 10.1. The van der Waals surface area contributed by atoms with E-state index in [4.69, 9.17) is 0 Å². The molecule has 1 aliphatic rings. The predicted molar refractivity (Wildman–Crippen MR) is 104 cm³/mol. The minimum absolute atomic E-state index is 0.0230. The van der Waals surface area contributed by atoms with Crippen LogP contribution >= 0.6 is 23.1 Å². The van der Waals surface area contributed by atoms with Crippen LogP contribution in [0.25, 0.3) is 11.3 Å². The van der Waals surface area contributed by atoms with Gasteiger partial charge in [0.1, 0.15) is 0 Å². The summed E-state index contributed by atoms with van der Waals surface area (Å²) < 4.78 is 0.790. The standard InChI is InChI=1S/C19H17N3O2S2/c1-13-20-16(11-25-13)14-5-6-17-15(10-14)7-9-21(17)18(23)12-26-19-4-2-3-8-22(19)24/h2-6,8,10-11H,7,9,12H2,1H3. The van der Waals surface area contributed by atoms with E-state index in [1.807, 2.05) is 24.0 Å². The van der Waals surface area contributed by atoms with Gasteiger partial charge in [-0.1, -0.05) is 6.07 Å². The Labute approximate surface area is 159 Å². The molecule has 0 atom stereocenters. The third-order valence-electron chi connectivity index (χ3n) is 4.32. The van der Waals surface area contributed by atoms with Crippen LogP contribution in [0.3, 0.4) is 0 Å². The molecule has 0 unspecified atom stereocenters. The molecule has 1 aliphatic heterocycles. The van der Waals surface area contributed by atoms with Gasteiger partial charge in [0.05, 0.1) is 16.5 Å². The summed E-state index contributed by atoms with van der Waals surface area (Å²) in [6, 6.07) is 11.4. The molecule has 4 rings (SSSR count). The van der Waals surface area contributed by atoms with Crippen molar-refractivity contribution in [2.45, 2.75) is 18.4 Å².